The van der Waals surface area contributed by atoms with Crippen molar-refractivity contribution in [1.82, 2.24) is 0 Å². The molecule has 0 spiro atoms. The van der Waals surface area contributed by atoms with Gasteiger partial charge in [-0.05, 0) is 24.1 Å². The molecule has 1 heterocycles. The van der Waals surface area contributed by atoms with Gasteiger partial charge in [-0.2, -0.15) is 0 Å². The fourth-order valence-corrected chi connectivity index (χ4v) is 1.75. The van der Waals surface area contributed by atoms with E-state index in [0.717, 1.165) is 6.42 Å². The van der Waals surface area contributed by atoms with Crippen LogP contribution in [0.5, 0.6) is 0 Å². The van der Waals surface area contributed by atoms with Gasteiger partial charge in [0.25, 0.3) is 0 Å². The van der Waals surface area contributed by atoms with Crippen LogP contribution in [0.3, 0.4) is 0 Å². The Kier molecular flexibility index (Phi) is 3.64. The van der Waals surface area contributed by atoms with Gasteiger partial charge in [0.05, 0.1) is 5.88 Å². The van der Waals surface area contributed by atoms with E-state index in [1.807, 2.05) is 24.3 Å². The van der Waals surface area contributed by atoms with Crippen LogP contribution in [0.2, 0.25) is 0 Å². The van der Waals surface area contributed by atoms with Crippen LogP contribution in [0.1, 0.15) is 34.4 Å². The second kappa shape index (κ2) is 5.19. The molecule has 0 aliphatic heterocycles. The molecule has 0 bridgehead atoms. The van der Waals surface area contributed by atoms with E-state index >= 15 is 0 Å². The number of aryl methyl sites for hydroxylation is 1. The number of hydrogen-bond acceptors (Lipinski definition) is 2. The Morgan fingerprint density at radius 2 is 1.88 bits per heavy atom. The topological polar surface area (TPSA) is 30.2 Å². The molecule has 0 N–H and O–H groups in total. The summed E-state index contributed by atoms with van der Waals surface area (Å²) in [6, 6.07) is 10.9. The van der Waals surface area contributed by atoms with E-state index in [1.165, 1.54) is 5.56 Å². The number of carbonyl (C=O) groups is 1. The molecule has 0 amide bonds. The summed E-state index contributed by atoms with van der Waals surface area (Å²) in [4.78, 5) is 12.0. The van der Waals surface area contributed by atoms with E-state index in [-0.39, 0.29) is 11.7 Å². The van der Waals surface area contributed by atoms with Gasteiger partial charge < -0.3 is 4.42 Å². The number of alkyl halides is 1. The Balaban J connectivity index is 2.23. The van der Waals surface area contributed by atoms with Gasteiger partial charge in [-0.25, -0.2) is 0 Å². The van der Waals surface area contributed by atoms with Crippen molar-refractivity contribution in [2.75, 3.05) is 0 Å². The monoisotopic (exact) mass is 248 g/mol. The van der Waals surface area contributed by atoms with E-state index in [1.54, 1.807) is 12.1 Å². The molecule has 0 fully saturated rings. The second-order valence-electron chi connectivity index (χ2n) is 3.78. The SMILES string of the molecule is CCc1ccc(C(=O)c2ccc(CCl)o2)cc1. The summed E-state index contributed by atoms with van der Waals surface area (Å²) in [7, 11) is 0. The van der Waals surface area contributed by atoms with Crippen LogP contribution in [0, 0.1) is 0 Å². The average molecular weight is 249 g/mol. The minimum absolute atomic E-state index is 0.107. The number of hydrogen-bond donors (Lipinski definition) is 0. The number of furan rings is 1. The Hall–Kier alpha value is -1.54. The standard InChI is InChI=1S/C14H13ClO2/c1-2-10-3-5-11(6-4-10)14(16)13-8-7-12(9-15)17-13/h3-8H,2,9H2,1H3. The molecule has 88 valence electrons. The molecular formula is C14H13ClO2. The smallest absolute Gasteiger partial charge is 0.228 e. The zero-order valence-corrected chi connectivity index (χ0v) is 10.3. The summed E-state index contributed by atoms with van der Waals surface area (Å²) < 4.78 is 5.32. The van der Waals surface area contributed by atoms with Crippen LogP contribution in [0.15, 0.2) is 40.8 Å². The molecular weight excluding hydrogens is 236 g/mol. The van der Waals surface area contributed by atoms with Crippen LogP contribution < -0.4 is 0 Å². The highest BCUT2D eigenvalue weighted by Crippen LogP contribution is 2.15. The first-order valence-corrected chi connectivity index (χ1v) is 6.06. The number of rotatable bonds is 4. The van der Waals surface area contributed by atoms with Crippen molar-refractivity contribution in [2.24, 2.45) is 0 Å². The summed E-state index contributed by atoms with van der Waals surface area (Å²) in [5, 5.41) is 0. The van der Waals surface area contributed by atoms with Gasteiger partial charge >= 0.3 is 0 Å². The third-order valence-corrected chi connectivity index (χ3v) is 2.90. The minimum Gasteiger partial charge on any atom is -0.456 e. The Morgan fingerprint density at radius 3 is 2.41 bits per heavy atom. The van der Waals surface area contributed by atoms with Crippen molar-refractivity contribution in [3.8, 4) is 0 Å². The third-order valence-electron chi connectivity index (χ3n) is 2.64. The first-order valence-electron chi connectivity index (χ1n) is 5.53. The maximum Gasteiger partial charge on any atom is 0.228 e. The molecule has 2 nitrogen and oxygen atoms in total. The van der Waals surface area contributed by atoms with Gasteiger partial charge in [0.2, 0.25) is 5.78 Å². The zero-order chi connectivity index (χ0) is 12.3. The average Bonchev–Trinajstić information content (AvgIpc) is 2.87. The first-order chi connectivity index (χ1) is 8.24. The van der Waals surface area contributed by atoms with Gasteiger partial charge in [0, 0.05) is 5.56 Å². The van der Waals surface area contributed by atoms with Gasteiger partial charge in [0.1, 0.15) is 5.76 Å². The van der Waals surface area contributed by atoms with E-state index in [0.29, 0.717) is 17.1 Å². The number of halogens is 1. The van der Waals surface area contributed by atoms with E-state index < -0.39 is 0 Å². The maximum absolute atomic E-state index is 12.0. The van der Waals surface area contributed by atoms with Crippen LogP contribution in [-0.4, -0.2) is 5.78 Å². The number of benzene rings is 1. The van der Waals surface area contributed by atoms with Gasteiger partial charge in [-0.3, -0.25) is 4.79 Å². The van der Waals surface area contributed by atoms with Crippen molar-refractivity contribution in [1.29, 1.82) is 0 Å². The lowest BCUT2D eigenvalue weighted by atomic mass is 10.1. The largest absolute Gasteiger partial charge is 0.456 e. The summed E-state index contributed by atoms with van der Waals surface area (Å²) in [6.45, 7) is 2.08. The van der Waals surface area contributed by atoms with Crippen LogP contribution in [0.25, 0.3) is 0 Å². The second-order valence-corrected chi connectivity index (χ2v) is 4.05. The predicted octanol–water partition coefficient (Wildman–Crippen LogP) is 3.81. The molecule has 1 aromatic heterocycles. The molecule has 17 heavy (non-hydrogen) atoms. The van der Waals surface area contributed by atoms with Crippen LogP contribution in [0.4, 0.5) is 0 Å². The summed E-state index contributed by atoms with van der Waals surface area (Å²) in [5.74, 6) is 1.12. The van der Waals surface area contributed by atoms with Crippen molar-refractivity contribution < 1.29 is 9.21 Å². The Morgan fingerprint density at radius 1 is 1.18 bits per heavy atom. The summed E-state index contributed by atoms with van der Waals surface area (Å²) in [5.41, 5.74) is 1.85. The van der Waals surface area contributed by atoms with Crippen molar-refractivity contribution in [2.45, 2.75) is 19.2 Å². The van der Waals surface area contributed by atoms with E-state index in [2.05, 4.69) is 6.92 Å². The molecule has 2 aromatic rings. The molecule has 0 radical (unpaired) electrons. The Bertz CT molecular complexity index is 511. The highest BCUT2D eigenvalue weighted by molar-refractivity contribution is 6.16. The number of ketones is 1. The van der Waals surface area contributed by atoms with Gasteiger partial charge in [0.15, 0.2) is 5.76 Å². The first kappa shape index (κ1) is 11.9. The fourth-order valence-electron chi connectivity index (χ4n) is 1.61. The molecule has 1 aromatic carbocycles. The van der Waals surface area contributed by atoms with Gasteiger partial charge in [-0.1, -0.05) is 31.2 Å². The summed E-state index contributed by atoms with van der Waals surface area (Å²) in [6.07, 6.45) is 0.964. The molecule has 3 heteroatoms. The molecule has 0 atom stereocenters. The van der Waals surface area contributed by atoms with E-state index in [4.69, 9.17) is 16.0 Å². The Labute approximate surface area is 105 Å². The lowest BCUT2D eigenvalue weighted by Gasteiger charge is -2.00. The highest BCUT2D eigenvalue weighted by atomic mass is 35.5. The van der Waals surface area contributed by atoms with Crippen LogP contribution in [-0.2, 0) is 12.3 Å². The lowest BCUT2D eigenvalue weighted by molar-refractivity contribution is 0.101. The molecule has 0 saturated carbocycles. The molecule has 0 saturated heterocycles. The van der Waals surface area contributed by atoms with E-state index in [9.17, 15) is 4.79 Å². The zero-order valence-electron chi connectivity index (χ0n) is 9.57. The summed E-state index contributed by atoms with van der Waals surface area (Å²) >= 11 is 5.63. The van der Waals surface area contributed by atoms with Crippen LogP contribution >= 0.6 is 11.6 Å². The molecule has 0 unspecified atom stereocenters. The van der Waals surface area contributed by atoms with Gasteiger partial charge in [-0.15, -0.1) is 11.6 Å². The molecule has 2 rings (SSSR count). The van der Waals surface area contributed by atoms with Crippen molar-refractivity contribution >= 4 is 17.4 Å². The maximum atomic E-state index is 12.0. The minimum atomic E-state index is -0.107. The quantitative estimate of drug-likeness (QED) is 0.608. The third kappa shape index (κ3) is 2.59. The fraction of sp³-hybridized carbons (Fsp3) is 0.214. The lowest BCUT2D eigenvalue weighted by Crippen LogP contribution is -1.99. The number of carbonyl (C=O) groups excluding carboxylic acids is 1. The van der Waals surface area contributed by atoms with Crippen molar-refractivity contribution in [3.05, 3.63) is 59.0 Å². The normalized spacial score (nSPS) is 10.5. The predicted molar refractivity (Wildman–Crippen MR) is 67.5 cm³/mol. The molecule has 0 aliphatic carbocycles. The van der Waals surface area contributed by atoms with Crippen molar-refractivity contribution in [3.63, 3.8) is 0 Å². The highest BCUT2D eigenvalue weighted by Gasteiger charge is 2.13. The molecule has 0 aliphatic rings.